The van der Waals surface area contributed by atoms with Gasteiger partial charge in [0.2, 0.25) is 11.9 Å². The minimum Gasteiger partial charge on any atom is -0.371 e. The van der Waals surface area contributed by atoms with Crippen molar-refractivity contribution < 1.29 is 35.9 Å². The number of alkyl halides is 6. The van der Waals surface area contributed by atoms with Crippen LogP contribution in [-0.4, -0.2) is 77.4 Å². The molecular formula is C35H44F6IN7O2. The third-order valence-corrected chi connectivity index (χ3v) is 10.9. The average Bonchev–Trinajstić information content (AvgIpc) is 3.35. The third-order valence-electron chi connectivity index (χ3n) is 9.65. The largest absolute Gasteiger partial charge is 0.401 e. The van der Waals surface area contributed by atoms with Crippen molar-refractivity contribution in [1.82, 2.24) is 25.1 Å². The van der Waals surface area contributed by atoms with Crippen LogP contribution in [0.5, 0.6) is 0 Å². The first-order valence-corrected chi connectivity index (χ1v) is 18.0. The molecule has 0 saturated carbocycles. The summed E-state index contributed by atoms with van der Waals surface area (Å²) in [5.74, 6) is -1.48. The monoisotopic (exact) mass is 835 g/mol. The Morgan fingerprint density at radius 1 is 0.961 bits per heavy atom. The highest BCUT2D eigenvalue weighted by Crippen LogP contribution is 2.38. The second kappa shape index (κ2) is 15.0. The second-order valence-electron chi connectivity index (χ2n) is 14.6. The molecule has 3 N–H and O–H groups in total. The number of benzene rings is 2. The molecule has 5 rings (SSSR count). The maximum absolute atomic E-state index is 13.8. The van der Waals surface area contributed by atoms with Gasteiger partial charge in [0.05, 0.1) is 40.4 Å². The number of aromatic nitrogens is 2. The molecule has 9 nitrogen and oxygen atoms in total. The van der Waals surface area contributed by atoms with Crippen LogP contribution in [0, 0.1) is 21.8 Å². The molecule has 2 aliphatic heterocycles. The van der Waals surface area contributed by atoms with Gasteiger partial charge in [0.25, 0.3) is 5.91 Å². The molecule has 280 valence electrons. The third kappa shape index (κ3) is 9.40. The van der Waals surface area contributed by atoms with Crippen LogP contribution in [0.3, 0.4) is 0 Å². The van der Waals surface area contributed by atoms with Gasteiger partial charge in [-0.05, 0) is 78.5 Å². The van der Waals surface area contributed by atoms with Crippen LogP contribution in [0.1, 0.15) is 67.9 Å². The number of imidazole rings is 1. The number of anilines is 3. The van der Waals surface area contributed by atoms with Crippen molar-refractivity contribution in [3.05, 3.63) is 44.5 Å². The number of hydrogen-bond acceptors (Lipinski definition) is 6. The number of halogens is 7. The summed E-state index contributed by atoms with van der Waals surface area (Å²) < 4.78 is 82.0. The molecule has 1 aromatic heterocycles. The molecular weight excluding hydrogens is 791 g/mol. The van der Waals surface area contributed by atoms with Crippen molar-refractivity contribution in [2.24, 2.45) is 18.4 Å². The normalized spacial score (nSPS) is 17.2. The summed E-state index contributed by atoms with van der Waals surface area (Å²) in [4.78, 5) is 34.3. The Kier molecular flexibility index (Phi) is 11.4. The van der Waals surface area contributed by atoms with Crippen molar-refractivity contribution in [3.8, 4) is 0 Å². The van der Waals surface area contributed by atoms with E-state index in [1.165, 1.54) is 4.90 Å². The highest BCUT2D eigenvalue weighted by Gasteiger charge is 2.41. The first kappa shape index (κ1) is 38.9. The van der Waals surface area contributed by atoms with Crippen molar-refractivity contribution in [2.75, 3.05) is 42.9 Å². The van der Waals surface area contributed by atoms with Gasteiger partial charge in [0, 0.05) is 54.8 Å². The lowest BCUT2D eigenvalue weighted by Crippen LogP contribution is -2.47. The highest BCUT2D eigenvalue weighted by molar-refractivity contribution is 14.1. The van der Waals surface area contributed by atoms with Gasteiger partial charge in [-0.3, -0.25) is 14.5 Å². The van der Waals surface area contributed by atoms with Gasteiger partial charge in [-0.1, -0.05) is 32.9 Å². The summed E-state index contributed by atoms with van der Waals surface area (Å²) in [7, 11) is 1.81. The molecule has 0 spiro atoms. The summed E-state index contributed by atoms with van der Waals surface area (Å²) in [6, 6.07) is 6.96. The number of likely N-dealkylation sites (tertiary alicyclic amines) is 1. The number of amides is 2. The standard InChI is InChI=1S/C35H44F6IN7O2/c1-20-6-7-21(18-43-31(51)33(2,3)4)28(42)29(20)46-32-45-25-16-24(30(50)44-23-10-12-48(13-11-23)19-34(36,37)38)26(17-27(25)47(32)5)49-14-8-22(9-15-49)35(39,40)41/h6-7,16-17,22-23H,8-15,18-19H2,1-5H3,(H,43,51)(H,44,50)(H,45,46). The van der Waals surface area contributed by atoms with Gasteiger partial charge in [-0.2, -0.15) is 26.3 Å². The molecule has 0 unspecified atom stereocenters. The van der Waals surface area contributed by atoms with E-state index in [-0.39, 0.29) is 56.5 Å². The van der Waals surface area contributed by atoms with E-state index in [1.54, 1.807) is 24.1 Å². The fourth-order valence-corrected chi connectivity index (χ4v) is 7.47. The molecule has 51 heavy (non-hydrogen) atoms. The summed E-state index contributed by atoms with van der Waals surface area (Å²) in [6.45, 7) is 7.37. The van der Waals surface area contributed by atoms with E-state index < -0.39 is 36.1 Å². The van der Waals surface area contributed by atoms with Gasteiger partial charge in [-0.25, -0.2) is 4.98 Å². The van der Waals surface area contributed by atoms with Crippen LogP contribution in [0.15, 0.2) is 24.3 Å². The number of aryl methyl sites for hydroxylation is 2. The van der Waals surface area contributed by atoms with Crippen LogP contribution >= 0.6 is 22.6 Å². The van der Waals surface area contributed by atoms with E-state index in [4.69, 9.17) is 4.98 Å². The Hall–Kier alpha value is -3.28. The molecule has 2 fully saturated rings. The molecule has 0 aliphatic carbocycles. The maximum Gasteiger partial charge on any atom is 0.401 e. The van der Waals surface area contributed by atoms with Crippen molar-refractivity contribution >= 4 is 62.8 Å². The lowest BCUT2D eigenvalue weighted by atomic mass is 9.95. The van der Waals surface area contributed by atoms with E-state index in [2.05, 4.69) is 38.5 Å². The van der Waals surface area contributed by atoms with E-state index in [9.17, 15) is 35.9 Å². The van der Waals surface area contributed by atoms with Gasteiger partial charge in [-0.15, -0.1) is 0 Å². The number of fused-ring (bicyclic) bond motifs is 1. The zero-order valence-corrected chi connectivity index (χ0v) is 31.4. The Balaban J connectivity index is 1.43. The predicted octanol–water partition coefficient (Wildman–Crippen LogP) is 7.43. The molecule has 2 aliphatic rings. The molecule has 3 aromatic rings. The molecule has 2 aromatic carbocycles. The maximum atomic E-state index is 13.8. The molecule has 0 radical (unpaired) electrons. The summed E-state index contributed by atoms with van der Waals surface area (Å²) in [5, 5.41) is 9.38. The van der Waals surface area contributed by atoms with Crippen LogP contribution in [0.25, 0.3) is 11.0 Å². The number of hydrogen-bond donors (Lipinski definition) is 3. The molecule has 2 amide bonds. The number of rotatable bonds is 8. The van der Waals surface area contributed by atoms with Crippen LogP contribution in [-0.2, 0) is 18.4 Å². The summed E-state index contributed by atoms with van der Waals surface area (Å²) in [5.41, 5.74) is 3.97. The smallest absolute Gasteiger partial charge is 0.371 e. The van der Waals surface area contributed by atoms with Crippen LogP contribution in [0.2, 0.25) is 0 Å². The summed E-state index contributed by atoms with van der Waals surface area (Å²) >= 11 is 2.23. The Morgan fingerprint density at radius 2 is 1.61 bits per heavy atom. The first-order chi connectivity index (χ1) is 23.7. The van der Waals surface area contributed by atoms with E-state index in [0.717, 1.165) is 20.4 Å². The average molecular weight is 836 g/mol. The van der Waals surface area contributed by atoms with Gasteiger partial charge in [0.1, 0.15) is 0 Å². The minimum absolute atomic E-state index is 0.0751. The quantitative estimate of drug-likeness (QED) is 0.162. The fourth-order valence-electron chi connectivity index (χ4n) is 6.54. The van der Waals surface area contributed by atoms with E-state index in [1.807, 2.05) is 44.4 Å². The van der Waals surface area contributed by atoms with Gasteiger partial charge < -0.3 is 25.4 Å². The Labute approximate surface area is 307 Å². The number of nitrogens with one attached hydrogen (secondary N) is 3. The van der Waals surface area contributed by atoms with E-state index in [0.29, 0.717) is 42.1 Å². The zero-order chi connectivity index (χ0) is 37.5. The predicted molar refractivity (Wildman–Crippen MR) is 193 cm³/mol. The number of piperidine rings is 2. The topological polar surface area (TPSA) is 94.5 Å². The molecule has 16 heteroatoms. The van der Waals surface area contributed by atoms with Crippen LogP contribution < -0.4 is 20.9 Å². The molecule has 2 saturated heterocycles. The van der Waals surface area contributed by atoms with Crippen LogP contribution in [0.4, 0.5) is 43.7 Å². The zero-order valence-electron chi connectivity index (χ0n) is 29.3. The highest BCUT2D eigenvalue weighted by atomic mass is 127. The SMILES string of the molecule is Cc1ccc(CNC(=O)C(C)(C)C)c(I)c1Nc1nc2cc(C(=O)NC3CCN(CC(F)(F)F)CC3)c(N3CCC(C(F)(F)F)CC3)cc2n1C. The lowest BCUT2D eigenvalue weighted by molar-refractivity contribution is -0.179. The number of nitrogens with zero attached hydrogens (tertiary/aromatic N) is 4. The fraction of sp³-hybridized carbons (Fsp3) is 0.571. The Bertz CT molecular complexity index is 1750. The van der Waals surface area contributed by atoms with Crippen molar-refractivity contribution in [3.63, 3.8) is 0 Å². The summed E-state index contributed by atoms with van der Waals surface area (Å²) in [6.07, 6.45) is -8.15. The van der Waals surface area contributed by atoms with E-state index >= 15 is 0 Å². The molecule has 0 atom stereocenters. The molecule has 0 bridgehead atoms. The number of carbonyl (C=O) groups is 2. The van der Waals surface area contributed by atoms with Gasteiger partial charge >= 0.3 is 12.4 Å². The number of carbonyl (C=O) groups excluding carboxylic acids is 2. The second-order valence-corrected chi connectivity index (χ2v) is 15.7. The Morgan fingerprint density at radius 3 is 2.20 bits per heavy atom. The van der Waals surface area contributed by atoms with Crippen molar-refractivity contribution in [1.29, 1.82) is 0 Å². The first-order valence-electron chi connectivity index (χ1n) is 17.0. The van der Waals surface area contributed by atoms with Gasteiger partial charge in [0.15, 0.2) is 0 Å². The minimum atomic E-state index is -4.31. The molecule has 3 heterocycles. The lowest BCUT2D eigenvalue weighted by Gasteiger charge is -2.36. The van der Waals surface area contributed by atoms with Crippen molar-refractivity contribution in [2.45, 2.75) is 78.3 Å².